The molecule has 0 radical (unpaired) electrons. The Balaban J connectivity index is 4.93. The smallest absolute Gasteiger partial charge is 0.410 e. The molecule has 100 valence electrons. The molecule has 0 fully saturated rings. The predicted octanol–water partition coefficient (Wildman–Crippen LogP) is 1.08. The van der Waals surface area contributed by atoms with Gasteiger partial charge < -0.3 is 14.9 Å². The Labute approximate surface area is 101 Å². The Kier molecular flexibility index (Phi) is 4.54. The Morgan fingerprint density at radius 3 is 1.82 bits per heavy atom. The van der Waals surface area contributed by atoms with Crippen molar-refractivity contribution < 1.29 is 24.5 Å². The molecule has 1 amide bonds. The number of carbonyl (C=O) groups excluding carboxylic acids is 1. The Hall–Kier alpha value is -1.30. The van der Waals surface area contributed by atoms with Crippen molar-refractivity contribution in [2.24, 2.45) is 0 Å². The third-order valence-corrected chi connectivity index (χ3v) is 1.97. The van der Waals surface area contributed by atoms with Crippen LogP contribution >= 0.6 is 0 Å². The van der Waals surface area contributed by atoms with Crippen molar-refractivity contribution in [2.75, 3.05) is 7.05 Å². The van der Waals surface area contributed by atoms with Crippen molar-refractivity contribution in [1.29, 1.82) is 0 Å². The van der Waals surface area contributed by atoms with Crippen LogP contribution in [0.5, 0.6) is 0 Å². The zero-order valence-electron chi connectivity index (χ0n) is 11.1. The third kappa shape index (κ3) is 5.04. The van der Waals surface area contributed by atoms with E-state index in [1.807, 2.05) is 0 Å². The molecule has 1 atom stereocenters. The first kappa shape index (κ1) is 15.7. The molecule has 17 heavy (non-hydrogen) atoms. The zero-order chi connectivity index (χ0) is 14.0. The van der Waals surface area contributed by atoms with Crippen LogP contribution in [0.4, 0.5) is 4.79 Å². The maximum atomic E-state index is 11.7. The minimum Gasteiger partial charge on any atom is -0.480 e. The topological polar surface area (TPSA) is 87.1 Å². The van der Waals surface area contributed by atoms with E-state index < -0.39 is 29.3 Å². The Morgan fingerprint density at radius 1 is 1.18 bits per heavy atom. The number of ether oxygens (including phenoxy) is 1. The van der Waals surface area contributed by atoms with Gasteiger partial charge in [-0.05, 0) is 34.6 Å². The molecule has 0 saturated carbocycles. The molecule has 0 aliphatic carbocycles. The van der Waals surface area contributed by atoms with E-state index in [4.69, 9.17) is 9.84 Å². The second-order valence-corrected chi connectivity index (χ2v) is 5.49. The average Bonchev–Trinajstić information content (AvgIpc) is 1.96. The molecule has 0 aromatic heterocycles. The van der Waals surface area contributed by atoms with Crippen LogP contribution in [0.25, 0.3) is 0 Å². The summed E-state index contributed by atoms with van der Waals surface area (Å²) >= 11 is 0. The molecule has 0 aromatic rings. The van der Waals surface area contributed by atoms with Crippen molar-refractivity contribution in [3.05, 3.63) is 0 Å². The first-order valence-electron chi connectivity index (χ1n) is 5.27. The van der Waals surface area contributed by atoms with Crippen LogP contribution in [0.2, 0.25) is 0 Å². The van der Waals surface area contributed by atoms with E-state index in [1.54, 1.807) is 20.8 Å². The molecule has 0 spiro atoms. The van der Waals surface area contributed by atoms with Crippen molar-refractivity contribution in [2.45, 2.75) is 51.9 Å². The van der Waals surface area contributed by atoms with Crippen molar-refractivity contribution in [3.63, 3.8) is 0 Å². The summed E-state index contributed by atoms with van der Waals surface area (Å²) in [4.78, 5) is 23.6. The highest BCUT2D eigenvalue weighted by Crippen LogP contribution is 2.18. The highest BCUT2D eigenvalue weighted by molar-refractivity contribution is 5.81. The fourth-order valence-corrected chi connectivity index (χ4v) is 1.38. The quantitative estimate of drug-likeness (QED) is 0.779. The molecule has 0 saturated heterocycles. The molecule has 0 aliphatic rings. The number of nitrogens with zero attached hydrogens (tertiary/aromatic N) is 1. The molecular formula is C11H21NO5. The van der Waals surface area contributed by atoms with Crippen molar-refractivity contribution in [1.82, 2.24) is 4.90 Å². The van der Waals surface area contributed by atoms with Gasteiger partial charge in [0.1, 0.15) is 5.60 Å². The molecule has 0 aromatic carbocycles. The van der Waals surface area contributed by atoms with Crippen LogP contribution in [0, 0.1) is 0 Å². The predicted molar refractivity (Wildman–Crippen MR) is 61.7 cm³/mol. The number of carboxylic acids is 1. The van der Waals surface area contributed by atoms with Crippen LogP contribution < -0.4 is 0 Å². The fraction of sp³-hybridized carbons (Fsp3) is 0.818. The highest BCUT2D eigenvalue weighted by atomic mass is 16.6. The lowest BCUT2D eigenvalue weighted by molar-refractivity contribution is -0.151. The number of hydrogen-bond acceptors (Lipinski definition) is 4. The number of carbonyl (C=O) groups is 2. The molecule has 0 rings (SSSR count). The first-order chi connectivity index (χ1) is 7.36. The number of aliphatic hydroxyl groups is 1. The van der Waals surface area contributed by atoms with Crippen molar-refractivity contribution in [3.8, 4) is 0 Å². The summed E-state index contributed by atoms with van der Waals surface area (Å²) in [6, 6.07) is -1.36. The zero-order valence-corrected chi connectivity index (χ0v) is 11.1. The van der Waals surface area contributed by atoms with Gasteiger partial charge in [-0.3, -0.25) is 4.90 Å². The minimum absolute atomic E-state index is 0.714. The lowest BCUT2D eigenvalue weighted by Crippen LogP contribution is -2.55. The van der Waals surface area contributed by atoms with Crippen LogP contribution in [-0.4, -0.2) is 51.5 Å². The summed E-state index contributed by atoms with van der Waals surface area (Å²) < 4.78 is 5.04. The first-order valence-corrected chi connectivity index (χ1v) is 5.27. The van der Waals surface area contributed by atoms with E-state index in [-0.39, 0.29) is 0 Å². The molecule has 6 heteroatoms. The second-order valence-electron chi connectivity index (χ2n) is 5.49. The maximum Gasteiger partial charge on any atom is 0.410 e. The normalized spacial score (nSPS) is 14.1. The molecule has 0 heterocycles. The summed E-state index contributed by atoms with van der Waals surface area (Å²) in [6.45, 7) is 7.69. The van der Waals surface area contributed by atoms with E-state index in [1.165, 1.54) is 20.9 Å². The summed E-state index contributed by atoms with van der Waals surface area (Å²) in [5, 5.41) is 18.8. The maximum absolute atomic E-state index is 11.7. The Bertz CT molecular complexity index is 300. The van der Waals surface area contributed by atoms with Gasteiger partial charge in [-0.1, -0.05) is 0 Å². The van der Waals surface area contributed by atoms with Crippen LogP contribution in [0.15, 0.2) is 0 Å². The highest BCUT2D eigenvalue weighted by Gasteiger charge is 2.40. The summed E-state index contributed by atoms with van der Waals surface area (Å²) in [5.41, 5.74) is -2.27. The summed E-state index contributed by atoms with van der Waals surface area (Å²) in [7, 11) is 1.28. The van der Waals surface area contributed by atoms with E-state index >= 15 is 0 Å². The fourth-order valence-electron chi connectivity index (χ4n) is 1.38. The number of rotatable bonds is 3. The number of hydrogen-bond donors (Lipinski definition) is 2. The van der Waals surface area contributed by atoms with E-state index in [0.717, 1.165) is 4.90 Å². The molecule has 0 unspecified atom stereocenters. The molecule has 0 aliphatic heterocycles. The second kappa shape index (κ2) is 4.91. The van der Waals surface area contributed by atoms with Gasteiger partial charge in [0.25, 0.3) is 0 Å². The summed E-state index contributed by atoms with van der Waals surface area (Å²) in [6.07, 6.45) is -0.785. The van der Waals surface area contributed by atoms with Gasteiger partial charge in [-0.25, -0.2) is 9.59 Å². The molecule has 0 bridgehead atoms. The minimum atomic E-state index is -1.56. The van der Waals surface area contributed by atoms with Crippen molar-refractivity contribution >= 4 is 12.1 Å². The molecule has 6 nitrogen and oxygen atoms in total. The lowest BCUT2D eigenvalue weighted by atomic mass is 9.98. The number of aliphatic carboxylic acids is 1. The SMILES string of the molecule is CN(C(=O)OC(C)(C)C)[C@H](C(=O)O)C(C)(C)O. The monoisotopic (exact) mass is 247 g/mol. The van der Waals surface area contributed by atoms with E-state index in [2.05, 4.69) is 0 Å². The Morgan fingerprint density at radius 2 is 1.59 bits per heavy atom. The lowest BCUT2D eigenvalue weighted by Gasteiger charge is -2.34. The van der Waals surface area contributed by atoms with Gasteiger partial charge in [0, 0.05) is 7.05 Å². The van der Waals surface area contributed by atoms with Gasteiger partial charge in [0.05, 0.1) is 5.60 Å². The number of likely N-dealkylation sites (N-methyl/N-ethyl adjacent to an activating group) is 1. The van der Waals surface area contributed by atoms with Crippen LogP contribution in [-0.2, 0) is 9.53 Å². The standard InChI is InChI=1S/C11H21NO5/c1-10(2,3)17-9(15)12(6)7(8(13)14)11(4,5)16/h7,16H,1-6H3,(H,13,14)/t7-/m1/s1. The number of carboxylic acid groups (broad SMARTS) is 1. The van der Waals surface area contributed by atoms with Gasteiger partial charge >= 0.3 is 12.1 Å². The summed E-state index contributed by atoms with van der Waals surface area (Å²) in [5.74, 6) is -1.29. The van der Waals surface area contributed by atoms with Crippen LogP contribution in [0.1, 0.15) is 34.6 Å². The molecular weight excluding hydrogens is 226 g/mol. The van der Waals surface area contributed by atoms with Crippen LogP contribution in [0.3, 0.4) is 0 Å². The van der Waals surface area contributed by atoms with E-state index in [0.29, 0.717) is 0 Å². The van der Waals surface area contributed by atoms with Gasteiger partial charge in [-0.15, -0.1) is 0 Å². The molecule has 2 N–H and O–H groups in total. The van der Waals surface area contributed by atoms with E-state index in [9.17, 15) is 14.7 Å². The average molecular weight is 247 g/mol. The van der Waals surface area contributed by atoms with Gasteiger partial charge in [-0.2, -0.15) is 0 Å². The van der Waals surface area contributed by atoms with Gasteiger partial charge in [0.15, 0.2) is 6.04 Å². The largest absolute Gasteiger partial charge is 0.480 e. The van der Waals surface area contributed by atoms with Gasteiger partial charge in [0.2, 0.25) is 0 Å². The number of amides is 1. The third-order valence-electron chi connectivity index (χ3n) is 1.97.